The summed E-state index contributed by atoms with van der Waals surface area (Å²) in [6.45, 7) is 7.55. The molecule has 0 fully saturated rings. The third-order valence-corrected chi connectivity index (χ3v) is 5.01. The number of anilines is 1. The van der Waals surface area contributed by atoms with Gasteiger partial charge in [-0.2, -0.15) is 0 Å². The maximum absolute atomic E-state index is 12.4. The van der Waals surface area contributed by atoms with Gasteiger partial charge in [0.25, 0.3) is 5.91 Å². The summed E-state index contributed by atoms with van der Waals surface area (Å²) in [6.07, 6.45) is 1.45. The second kappa shape index (κ2) is 7.42. The van der Waals surface area contributed by atoms with E-state index in [2.05, 4.69) is 16.6 Å². The average molecular weight is 344 g/mol. The van der Waals surface area contributed by atoms with Crippen LogP contribution in [0.2, 0.25) is 0 Å². The summed E-state index contributed by atoms with van der Waals surface area (Å²) in [5.74, 6) is -0.362. The van der Waals surface area contributed by atoms with Crippen molar-refractivity contribution in [2.75, 3.05) is 11.9 Å². The van der Waals surface area contributed by atoms with E-state index in [4.69, 9.17) is 0 Å². The zero-order chi connectivity index (χ0) is 17.7. The van der Waals surface area contributed by atoms with Crippen molar-refractivity contribution in [3.8, 4) is 0 Å². The first kappa shape index (κ1) is 17.9. The molecule has 2 aromatic rings. The summed E-state index contributed by atoms with van der Waals surface area (Å²) in [5, 5.41) is 2.78. The van der Waals surface area contributed by atoms with Crippen LogP contribution in [0.4, 0.5) is 5.69 Å². The van der Waals surface area contributed by atoms with Gasteiger partial charge in [0.2, 0.25) is 10.0 Å². The average Bonchev–Trinajstić information content (AvgIpc) is 2.56. The van der Waals surface area contributed by atoms with Gasteiger partial charge in [0.15, 0.2) is 0 Å². The van der Waals surface area contributed by atoms with E-state index in [0.29, 0.717) is 5.69 Å². The quantitative estimate of drug-likeness (QED) is 0.791. The molecule has 0 spiro atoms. The van der Waals surface area contributed by atoms with E-state index in [1.165, 1.54) is 24.3 Å². The molecule has 0 unspecified atom stereocenters. The number of hydrogen-bond donors (Lipinski definition) is 2. The monoisotopic (exact) mass is 344 g/mol. The topological polar surface area (TPSA) is 75.3 Å². The Hall–Kier alpha value is -2.44. The fourth-order valence-electron chi connectivity index (χ4n) is 2.08. The number of amides is 1. The largest absolute Gasteiger partial charge is 0.322 e. The minimum Gasteiger partial charge on any atom is -0.322 e. The van der Waals surface area contributed by atoms with Crippen molar-refractivity contribution in [1.82, 2.24) is 4.72 Å². The number of sulfonamides is 1. The summed E-state index contributed by atoms with van der Waals surface area (Å²) in [4.78, 5) is 12.4. The predicted molar refractivity (Wildman–Crippen MR) is 95.7 cm³/mol. The van der Waals surface area contributed by atoms with Gasteiger partial charge >= 0.3 is 0 Å². The van der Waals surface area contributed by atoms with Crippen LogP contribution in [-0.2, 0) is 10.0 Å². The molecule has 0 aliphatic rings. The highest BCUT2D eigenvalue weighted by Crippen LogP contribution is 2.17. The van der Waals surface area contributed by atoms with Gasteiger partial charge in [-0.1, -0.05) is 18.2 Å². The number of rotatable bonds is 6. The molecule has 0 aliphatic heterocycles. The van der Waals surface area contributed by atoms with Gasteiger partial charge in [-0.25, -0.2) is 13.1 Å². The number of benzene rings is 2. The predicted octanol–water partition coefficient (Wildman–Crippen LogP) is 3.02. The molecule has 0 heterocycles. The molecule has 0 bridgehead atoms. The van der Waals surface area contributed by atoms with E-state index in [-0.39, 0.29) is 22.9 Å². The van der Waals surface area contributed by atoms with Crippen molar-refractivity contribution >= 4 is 21.6 Å². The van der Waals surface area contributed by atoms with E-state index in [9.17, 15) is 13.2 Å². The van der Waals surface area contributed by atoms with Crippen molar-refractivity contribution in [3.63, 3.8) is 0 Å². The lowest BCUT2D eigenvalue weighted by Gasteiger charge is -2.09. The van der Waals surface area contributed by atoms with Crippen molar-refractivity contribution in [2.24, 2.45) is 0 Å². The van der Waals surface area contributed by atoms with Crippen LogP contribution in [0.5, 0.6) is 0 Å². The summed E-state index contributed by atoms with van der Waals surface area (Å²) in [6, 6.07) is 11.5. The Morgan fingerprint density at radius 1 is 1.12 bits per heavy atom. The third kappa shape index (κ3) is 4.31. The minimum absolute atomic E-state index is 0.0390. The maximum atomic E-state index is 12.4. The molecular weight excluding hydrogens is 324 g/mol. The van der Waals surface area contributed by atoms with Crippen LogP contribution in [0.1, 0.15) is 21.5 Å². The number of hydrogen-bond acceptors (Lipinski definition) is 3. The lowest BCUT2D eigenvalue weighted by atomic mass is 10.1. The van der Waals surface area contributed by atoms with Gasteiger partial charge in [-0.3, -0.25) is 4.79 Å². The molecule has 0 radical (unpaired) electrons. The molecule has 0 aromatic heterocycles. The summed E-state index contributed by atoms with van der Waals surface area (Å²) in [5.41, 5.74) is 3.14. The van der Waals surface area contributed by atoms with Gasteiger partial charge < -0.3 is 5.32 Å². The molecule has 0 saturated carbocycles. The standard InChI is InChI=1S/C18H20N2O3S/c1-4-10-19-24(22,23)17-7-5-6-15(12-17)18(21)20-16-9-8-13(2)14(3)11-16/h4-9,11-12,19H,1,10H2,2-3H3,(H,20,21). The van der Waals surface area contributed by atoms with E-state index >= 15 is 0 Å². The lowest BCUT2D eigenvalue weighted by molar-refractivity contribution is 0.102. The first-order valence-electron chi connectivity index (χ1n) is 7.43. The van der Waals surface area contributed by atoms with Crippen LogP contribution in [0.3, 0.4) is 0 Å². The Balaban J connectivity index is 2.22. The van der Waals surface area contributed by atoms with Crippen LogP contribution >= 0.6 is 0 Å². The van der Waals surface area contributed by atoms with Gasteiger partial charge in [-0.05, 0) is 55.3 Å². The molecule has 0 atom stereocenters. The molecule has 1 amide bonds. The second-order valence-electron chi connectivity index (χ2n) is 5.42. The molecule has 0 saturated heterocycles. The first-order chi connectivity index (χ1) is 11.3. The SMILES string of the molecule is C=CCNS(=O)(=O)c1cccc(C(=O)Nc2ccc(C)c(C)c2)c1. The Labute approximate surface area is 142 Å². The van der Waals surface area contributed by atoms with Crippen LogP contribution in [0, 0.1) is 13.8 Å². The smallest absolute Gasteiger partial charge is 0.255 e. The van der Waals surface area contributed by atoms with Gasteiger partial charge in [-0.15, -0.1) is 6.58 Å². The van der Waals surface area contributed by atoms with Crippen molar-refractivity contribution in [2.45, 2.75) is 18.7 Å². The molecule has 0 aliphatic carbocycles. The number of aryl methyl sites for hydroxylation is 2. The summed E-state index contributed by atoms with van der Waals surface area (Å²) < 4.78 is 26.6. The number of carbonyl (C=O) groups excluding carboxylic acids is 1. The molecule has 6 heteroatoms. The second-order valence-corrected chi connectivity index (χ2v) is 7.19. The zero-order valence-electron chi connectivity index (χ0n) is 13.7. The first-order valence-corrected chi connectivity index (χ1v) is 8.91. The van der Waals surface area contributed by atoms with Crippen molar-refractivity contribution < 1.29 is 13.2 Å². The van der Waals surface area contributed by atoms with E-state index in [0.717, 1.165) is 11.1 Å². The van der Waals surface area contributed by atoms with E-state index < -0.39 is 10.0 Å². The van der Waals surface area contributed by atoms with Crippen LogP contribution in [0.15, 0.2) is 60.0 Å². The summed E-state index contributed by atoms with van der Waals surface area (Å²) >= 11 is 0. The maximum Gasteiger partial charge on any atom is 0.255 e. The molecule has 126 valence electrons. The molecule has 2 rings (SSSR count). The van der Waals surface area contributed by atoms with Crippen LogP contribution < -0.4 is 10.0 Å². The van der Waals surface area contributed by atoms with Crippen LogP contribution in [0.25, 0.3) is 0 Å². The van der Waals surface area contributed by atoms with Gasteiger partial charge in [0, 0.05) is 17.8 Å². The van der Waals surface area contributed by atoms with Crippen molar-refractivity contribution in [3.05, 3.63) is 71.8 Å². The molecule has 5 nitrogen and oxygen atoms in total. The van der Waals surface area contributed by atoms with Crippen molar-refractivity contribution in [1.29, 1.82) is 0 Å². The molecule has 2 aromatic carbocycles. The van der Waals surface area contributed by atoms with E-state index in [1.807, 2.05) is 32.0 Å². The van der Waals surface area contributed by atoms with E-state index in [1.54, 1.807) is 6.07 Å². The third-order valence-electron chi connectivity index (χ3n) is 3.59. The summed E-state index contributed by atoms with van der Waals surface area (Å²) in [7, 11) is -3.66. The fourth-order valence-corrected chi connectivity index (χ4v) is 3.12. The Kier molecular flexibility index (Phi) is 5.54. The van der Waals surface area contributed by atoms with Gasteiger partial charge in [0.1, 0.15) is 0 Å². The highest BCUT2D eigenvalue weighted by molar-refractivity contribution is 7.89. The Bertz CT molecular complexity index is 874. The number of nitrogens with one attached hydrogen (secondary N) is 2. The highest BCUT2D eigenvalue weighted by atomic mass is 32.2. The molecule has 24 heavy (non-hydrogen) atoms. The normalized spacial score (nSPS) is 11.1. The van der Waals surface area contributed by atoms with Gasteiger partial charge in [0.05, 0.1) is 4.90 Å². The Morgan fingerprint density at radius 2 is 1.88 bits per heavy atom. The Morgan fingerprint density at radius 3 is 2.54 bits per heavy atom. The molecule has 2 N–H and O–H groups in total. The highest BCUT2D eigenvalue weighted by Gasteiger charge is 2.15. The molecular formula is C18H20N2O3S. The van der Waals surface area contributed by atoms with Crippen LogP contribution in [-0.4, -0.2) is 20.9 Å². The lowest BCUT2D eigenvalue weighted by Crippen LogP contribution is -2.24. The minimum atomic E-state index is -3.66. The zero-order valence-corrected chi connectivity index (χ0v) is 14.5. The fraction of sp³-hybridized carbons (Fsp3) is 0.167. The number of carbonyl (C=O) groups is 1.